The van der Waals surface area contributed by atoms with Crippen LogP contribution in [0.1, 0.15) is 31.1 Å². The highest BCUT2D eigenvalue weighted by molar-refractivity contribution is 9.10. The van der Waals surface area contributed by atoms with Gasteiger partial charge in [0.25, 0.3) is 0 Å². The minimum absolute atomic E-state index is 0.0473. The van der Waals surface area contributed by atoms with Crippen LogP contribution in [0.15, 0.2) is 16.6 Å². The Balaban J connectivity index is 2.96. The fourth-order valence-electron chi connectivity index (χ4n) is 1.67. The first-order valence-corrected chi connectivity index (χ1v) is 7.23. The monoisotopic (exact) mass is 347 g/mol. The fraction of sp³-hybridized carbons (Fsp3) is 0.500. The first kappa shape index (κ1) is 16.9. The molecule has 0 aliphatic carbocycles. The molecule has 1 aromatic carbocycles. The van der Waals surface area contributed by atoms with Crippen molar-refractivity contribution in [1.82, 2.24) is 0 Å². The van der Waals surface area contributed by atoms with Crippen LogP contribution in [0.2, 0.25) is 0 Å². The van der Waals surface area contributed by atoms with Gasteiger partial charge in [0.1, 0.15) is 0 Å². The molecule has 0 spiro atoms. The number of halogens is 2. The van der Waals surface area contributed by atoms with Gasteiger partial charge in [-0.15, -0.1) is 0 Å². The number of hydrogen-bond acceptors (Lipinski definition) is 3. The van der Waals surface area contributed by atoms with Crippen molar-refractivity contribution in [2.75, 3.05) is 18.5 Å². The van der Waals surface area contributed by atoms with E-state index in [1.54, 1.807) is 0 Å². The predicted octanol–water partition coefficient (Wildman–Crippen LogP) is 3.76. The molecule has 0 bridgehead atoms. The highest BCUT2D eigenvalue weighted by atomic mass is 79.9. The smallest absolute Gasteiger partial charge is 0.336 e. The molecule has 112 valence electrons. The van der Waals surface area contributed by atoms with Crippen LogP contribution in [0, 0.1) is 11.7 Å². The second-order valence-corrected chi connectivity index (χ2v) is 5.54. The van der Waals surface area contributed by atoms with Gasteiger partial charge in [-0.2, -0.15) is 0 Å². The number of carbonyl (C=O) groups is 1. The highest BCUT2D eigenvalue weighted by Gasteiger charge is 2.19. The summed E-state index contributed by atoms with van der Waals surface area (Å²) >= 11 is 2.98. The van der Waals surface area contributed by atoms with Crippen molar-refractivity contribution in [3.63, 3.8) is 0 Å². The van der Waals surface area contributed by atoms with E-state index in [1.165, 1.54) is 12.1 Å². The predicted molar refractivity (Wildman–Crippen MR) is 79.8 cm³/mol. The average molecular weight is 348 g/mol. The molecule has 0 radical (unpaired) electrons. The molecule has 0 fully saturated rings. The van der Waals surface area contributed by atoms with E-state index >= 15 is 0 Å². The number of aromatic carboxylic acids is 1. The van der Waals surface area contributed by atoms with Gasteiger partial charge in [-0.1, -0.05) is 13.8 Å². The third kappa shape index (κ3) is 4.18. The highest BCUT2D eigenvalue weighted by Crippen LogP contribution is 2.28. The summed E-state index contributed by atoms with van der Waals surface area (Å²) in [7, 11) is 0. The minimum Gasteiger partial charge on any atom is -0.478 e. The Labute approximate surface area is 126 Å². The van der Waals surface area contributed by atoms with E-state index in [0.29, 0.717) is 13.2 Å². The molecule has 1 atom stereocenters. The van der Waals surface area contributed by atoms with Gasteiger partial charge in [0.05, 0.1) is 28.4 Å². The van der Waals surface area contributed by atoms with Gasteiger partial charge in [0, 0.05) is 6.61 Å². The first-order chi connectivity index (χ1) is 9.38. The topological polar surface area (TPSA) is 58.6 Å². The molecule has 2 N–H and O–H groups in total. The summed E-state index contributed by atoms with van der Waals surface area (Å²) in [5.74, 6) is -1.53. The average Bonchev–Trinajstić information content (AvgIpc) is 2.38. The van der Waals surface area contributed by atoms with Gasteiger partial charge >= 0.3 is 5.97 Å². The van der Waals surface area contributed by atoms with Gasteiger partial charge in [0.15, 0.2) is 5.82 Å². The molecule has 1 rings (SSSR count). The Morgan fingerprint density at radius 1 is 1.50 bits per heavy atom. The molecular formula is C14H19BrFNO3. The molecule has 20 heavy (non-hydrogen) atoms. The number of anilines is 1. The van der Waals surface area contributed by atoms with Crippen LogP contribution in [-0.2, 0) is 4.74 Å². The van der Waals surface area contributed by atoms with Crippen molar-refractivity contribution in [2.24, 2.45) is 5.92 Å². The van der Waals surface area contributed by atoms with E-state index in [1.807, 2.05) is 20.8 Å². The summed E-state index contributed by atoms with van der Waals surface area (Å²) < 4.78 is 19.5. The van der Waals surface area contributed by atoms with Crippen molar-refractivity contribution >= 4 is 27.6 Å². The number of rotatable bonds is 7. The van der Waals surface area contributed by atoms with E-state index in [2.05, 4.69) is 21.2 Å². The lowest BCUT2D eigenvalue weighted by molar-refractivity contribution is 0.0695. The van der Waals surface area contributed by atoms with Crippen LogP contribution >= 0.6 is 15.9 Å². The van der Waals surface area contributed by atoms with E-state index in [0.717, 1.165) is 0 Å². The lowest BCUT2D eigenvalue weighted by atomic mass is 10.0. The summed E-state index contributed by atoms with van der Waals surface area (Å²) in [4.78, 5) is 10.9. The van der Waals surface area contributed by atoms with Crippen molar-refractivity contribution in [1.29, 1.82) is 0 Å². The normalized spacial score (nSPS) is 12.5. The summed E-state index contributed by atoms with van der Waals surface area (Å²) in [5.41, 5.74) is 0.166. The lowest BCUT2D eigenvalue weighted by Crippen LogP contribution is -2.31. The Morgan fingerprint density at radius 3 is 2.65 bits per heavy atom. The summed E-state index contributed by atoms with van der Waals surface area (Å²) in [5, 5.41) is 12.0. The number of carboxylic acids is 1. The van der Waals surface area contributed by atoms with Crippen molar-refractivity contribution in [3.05, 3.63) is 28.0 Å². The van der Waals surface area contributed by atoms with E-state index in [-0.39, 0.29) is 27.7 Å². The van der Waals surface area contributed by atoms with E-state index in [9.17, 15) is 9.18 Å². The van der Waals surface area contributed by atoms with Gasteiger partial charge in [-0.25, -0.2) is 9.18 Å². The molecule has 0 aliphatic rings. The molecule has 1 unspecified atom stereocenters. The van der Waals surface area contributed by atoms with Crippen molar-refractivity contribution in [3.8, 4) is 0 Å². The van der Waals surface area contributed by atoms with Crippen LogP contribution in [0.4, 0.5) is 10.1 Å². The zero-order chi connectivity index (χ0) is 15.3. The second-order valence-electron chi connectivity index (χ2n) is 4.75. The standard InChI is InChI=1S/C14H19BrFNO3/c1-4-20-7-11(8(2)3)17-10-6-5-9(14(18)19)12(15)13(10)16/h5-6,8,11,17H,4,7H2,1-3H3,(H,18,19). The number of benzene rings is 1. The van der Waals surface area contributed by atoms with Gasteiger partial charge < -0.3 is 15.2 Å². The molecule has 0 saturated heterocycles. The van der Waals surface area contributed by atoms with Gasteiger partial charge in [-0.05, 0) is 40.9 Å². The molecule has 4 nitrogen and oxygen atoms in total. The van der Waals surface area contributed by atoms with Crippen LogP contribution < -0.4 is 5.32 Å². The molecule has 0 heterocycles. The van der Waals surface area contributed by atoms with Crippen LogP contribution in [0.3, 0.4) is 0 Å². The summed E-state index contributed by atoms with van der Waals surface area (Å²) in [6.07, 6.45) is 0. The van der Waals surface area contributed by atoms with Crippen molar-refractivity contribution < 1.29 is 19.0 Å². The van der Waals surface area contributed by atoms with Crippen LogP contribution in [0.5, 0.6) is 0 Å². The summed E-state index contributed by atoms with van der Waals surface area (Å²) in [6.45, 7) is 6.97. The molecule has 0 amide bonds. The molecule has 0 aliphatic heterocycles. The SMILES string of the molecule is CCOCC(Nc1ccc(C(=O)O)c(Br)c1F)C(C)C. The third-order valence-corrected chi connectivity index (χ3v) is 3.74. The Hall–Kier alpha value is -1.14. The maximum Gasteiger partial charge on any atom is 0.336 e. The number of nitrogens with one attached hydrogen (secondary N) is 1. The number of ether oxygens (including phenoxy) is 1. The number of carboxylic acid groups (broad SMARTS) is 1. The van der Waals surface area contributed by atoms with Crippen molar-refractivity contribution in [2.45, 2.75) is 26.8 Å². The Bertz CT molecular complexity index is 480. The maximum absolute atomic E-state index is 14.2. The van der Waals surface area contributed by atoms with Gasteiger partial charge in [0.2, 0.25) is 0 Å². The largest absolute Gasteiger partial charge is 0.478 e. The third-order valence-electron chi connectivity index (χ3n) is 2.96. The molecule has 0 saturated carbocycles. The van der Waals surface area contributed by atoms with Crippen LogP contribution in [0.25, 0.3) is 0 Å². The molecule has 1 aromatic rings. The Morgan fingerprint density at radius 2 is 2.15 bits per heavy atom. The lowest BCUT2D eigenvalue weighted by Gasteiger charge is -2.24. The number of hydrogen-bond donors (Lipinski definition) is 2. The summed E-state index contributed by atoms with van der Waals surface area (Å²) in [6, 6.07) is 2.76. The quantitative estimate of drug-likeness (QED) is 0.788. The zero-order valence-corrected chi connectivity index (χ0v) is 13.3. The fourth-order valence-corrected chi connectivity index (χ4v) is 2.19. The molecule has 0 aromatic heterocycles. The van der Waals surface area contributed by atoms with E-state index in [4.69, 9.17) is 9.84 Å². The minimum atomic E-state index is -1.17. The Kier molecular flexibility index (Phi) is 6.42. The maximum atomic E-state index is 14.2. The first-order valence-electron chi connectivity index (χ1n) is 6.44. The second kappa shape index (κ2) is 7.59. The van der Waals surface area contributed by atoms with Crippen LogP contribution in [-0.4, -0.2) is 30.3 Å². The molecular weight excluding hydrogens is 329 g/mol. The zero-order valence-electron chi connectivity index (χ0n) is 11.7. The molecule has 6 heteroatoms. The van der Waals surface area contributed by atoms with Gasteiger partial charge in [-0.3, -0.25) is 0 Å². The van der Waals surface area contributed by atoms with E-state index < -0.39 is 11.8 Å².